The molecule has 110 valence electrons. The third kappa shape index (κ3) is 2.79. The van der Waals surface area contributed by atoms with Crippen molar-refractivity contribution in [2.75, 3.05) is 5.73 Å². The van der Waals surface area contributed by atoms with Crippen LogP contribution in [0.2, 0.25) is 0 Å². The molecule has 2 aromatic heterocycles. The van der Waals surface area contributed by atoms with Gasteiger partial charge in [0.25, 0.3) is 0 Å². The van der Waals surface area contributed by atoms with E-state index in [0.29, 0.717) is 16.8 Å². The number of anilines is 1. The fourth-order valence-electron chi connectivity index (χ4n) is 1.99. The Hall–Kier alpha value is -1.86. The van der Waals surface area contributed by atoms with E-state index in [1.165, 1.54) is 11.3 Å². The van der Waals surface area contributed by atoms with E-state index in [2.05, 4.69) is 4.98 Å². The molecule has 0 fully saturated rings. The molecule has 0 aliphatic heterocycles. The van der Waals surface area contributed by atoms with E-state index in [1.54, 1.807) is 18.2 Å². The van der Waals surface area contributed by atoms with Gasteiger partial charge in [-0.3, -0.25) is 0 Å². The Morgan fingerprint density at radius 2 is 2.00 bits per heavy atom. The molecule has 3 aromatic rings. The lowest BCUT2D eigenvalue weighted by Crippen LogP contribution is -2.03. The monoisotopic (exact) mass is 322 g/mol. The van der Waals surface area contributed by atoms with Crippen LogP contribution in [0.4, 0.5) is 5.69 Å². The Labute approximate surface area is 126 Å². The number of hydrogen-bond acceptors (Lipinski definition) is 6. The molecule has 0 amide bonds. The summed E-state index contributed by atoms with van der Waals surface area (Å²) in [7, 11) is -3.59. The molecule has 0 radical (unpaired) electrons. The van der Waals surface area contributed by atoms with E-state index in [4.69, 9.17) is 10.2 Å². The molecule has 0 atom stereocenters. The summed E-state index contributed by atoms with van der Waals surface area (Å²) in [4.78, 5) is 5.99. The SMILES string of the molecule is CCc1ccc(CS(=O)(=O)c2nc3ccc(N)cc3o2)s1. The Morgan fingerprint density at radius 1 is 1.24 bits per heavy atom. The zero-order chi connectivity index (χ0) is 15.0. The van der Waals surface area contributed by atoms with Gasteiger partial charge in [-0.05, 0) is 30.7 Å². The van der Waals surface area contributed by atoms with Crippen molar-refractivity contribution in [3.63, 3.8) is 0 Å². The summed E-state index contributed by atoms with van der Waals surface area (Å²) in [5.74, 6) is -0.0973. The van der Waals surface area contributed by atoms with Crippen molar-refractivity contribution >= 4 is 38.0 Å². The number of thiophene rings is 1. The van der Waals surface area contributed by atoms with Crippen molar-refractivity contribution in [1.82, 2.24) is 4.98 Å². The van der Waals surface area contributed by atoms with Crippen LogP contribution < -0.4 is 5.73 Å². The Bertz CT molecular complexity index is 894. The van der Waals surface area contributed by atoms with E-state index in [1.807, 2.05) is 19.1 Å². The average molecular weight is 322 g/mol. The predicted octanol–water partition coefficient (Wildman–Crippen LogP) is 3.01. The van der Waals surface area contributed by atoms with Crippen molar-refractivity contribution < 1.29 is 12.8 Å². The predicted molar refractivity (Wildman–Crippen MR) is 83.0 cm³/mol. The van der Waals surface area contributed by atoms with Crippen LogP contribution in [0, 0.1) is 0 Å². The summed E-state index contributed by atoms with van der Waals surface area (Å²) in [6.07, 6.45) is 0.896. The number of oxazole rings is 1. The summed E-state index contributed by atoms with van der Waals surface area (Å²) in [5.41, 5.74) is 7.03. The number of rotatable bonds is 4. The molecule has 3 rings (SSSR count). The van der Waals surface area contributed by atoms with Gasteiger partial charge < -0.3 is 10.2 Å². The van der Waals surface area contributed by atoms with Crippen molar-refractivity contribution in [2.24, 2.45) is 0 Å². The van der Waals surface area contributed by atoms with Crippen LogP contribution in [-0.2, 0) is 22.0 Å². The maximum Gasteiger partial charge on any atom is 0.316 e. The molecule has 0 aliphatic rings. The first kappa shape index (κ1) is 14.1. The number of sulfone groups is 1. The maximum absolute atomic E-state index is 12.4. The van der Waals surface area contributed by atoms with Crippen molar-refractivity contribution in [1.29, 1.82) is 0 Å². The molecule has 2 heterocycles. The molecular weight excluding hydrogens is 308 g/mol. The topological polar surface area (TPSA) is 86.2 Å². The highest BCUT2D eigenvalue weighted by Gasteiger charge is 2.23. The van der Waals surface area contributed by atoms with Gasteiger partial charge in [-0.1, -0.05) is 6.92 Å². The van der Waals surface area contributed by atoms with Gasteiger partial charge in [-0.2, -0.15) is 4.98 Å². The molecule has 1 aromatic carbocycles. The van der Waals surface area contributed by atoms with Gasteiger partial charge >= 0.3 is 5.22 Å². The molecule has 0 saturated carbocycles. The van der Waals surface area contributed by atoms with Gasteiger partial charge in [0.15, 0.2) is 5.58 Å². The molecular formula is C14H14N2O3S2. The lowest BCUT2D eigenvalue weighted by Gasteiger charge is -1.96. The zero-order valence-corrected chi connectivity index (χ0v) is 13.0. The van der Waals surface area contributed by atoms with E-state index >= 15 is 0 Å². The van der Waals surface area contributed by atoms with Crippen LogP contribution in [0.3, 0.4) is 0 Å². The number of aryl methyl sites for hydroxylation is 1. The summed E-state index contributed by atoms with van der Waals surface area (Å²) < 4.78 is 30.1. The zero-order valence-electron chi connectivity index (χ0n) is 11.4. The van der Waals surface area contributed by atoms with E-state index in [0.717, 1.165) is 16.2 Å². The first-order chi connectivity index (χ1) is 9.98. The number of benzene rings is 1. The first-order valence-electron chi connectivity index (χ1n) is 6.44. The molecule has 0 saturated heterocycles. The standard InChI is InChI=1S/C14H14N2O3S2/c1-2-10-4-5-11(20-10)8-21(17,18)14-16-12-6-3-9(15)7-13(12)19-14/h3-7H,2,8,15H2,1H3. The summed E-state index contributed by atoms with van der Waals surface area (Å²) in [5, 5.41) is -0.255. The second-order valence-electron chi connectivity index (χ2n) is 4.69. The largest absolute Gasteiger partial charge is 0.428 e. The number of nitrogens with two attached hydrogens (primary N) is 1. The minimum absolute atomic E-state index is 0.0973. The third-order valence-electron chi connectivity index (χ3n) is 3.06. The molecule has 5 nitrogen and oxygen atoms in total. The average Bonchev–Trinajstić information content (AvgIpc) is 3.04. The van der Waals surface area contributed by atoms with Gasteiger partial charge in [-0.15, -0.1) is 11.3 Å². The van der Waals surface area contributed by atoms with Crippen LogP contribution >= 0.6 is 11.3 Å². The minimum Gasteiger partial charge on any atom is -0.428 e. The van der Waals surface area contributed by atoms with Gasteiger partial charge in [0.2, 0.25) is 9.84 Å². The van der Waals surface area contributed by atoms with Crippen molar-refractivity contribution in [3.8, 4) is 0 Å². The van der Waals surface area contributed by atoms with E-state index in [9.17, 15) is 8.42 Å². The first-order valence-corrected chi connectivity index (χ1v) is 8.91. The van der Waals surface area contributed by atoms with Gasteiger partial charge in [0.05, 0.1) is 5.75 Å². The normalized spacial score (nSPS) is 12.0. The van der Waals surface area contributed by atoms with Crippen LogP contribution in [0.5, 0.6) is 0 Å². The van der Waals surface area contributed by atoms with Gasteiger partial charge in [0, 0.05) is 21.5 Å². The molecule has 0 bridgehead atoms. The van der Waals surface area contributed by atoms with Crippen LogP contribution in [0.1, 0.15) is 16.7 Å². The van der Waals surface area contributed by atoms with E-state index in [-0.39, 0.29) is 11.0 Å². The second-order valence-corrected chi connectivity index (χ2v) is 7.81. The summed E-state index contributed by atoms with van der Waals surface area (Å²) >= 11 is 1.50. The van der Waals surface area contributed by atoms with Crippen LogP contribution in [0.25, 0.3) is 11.1 Å². The molecule has 0 unspecified atom stereocenters. The highest BCUT2D eigenvalue weighted by molar-refractivity contribution is 7.90. The fourth-order valence-corrected chi connectivity index (χ4v) is 4.49. The Kier molecular flexibility index (Phi) is 3.46. The van der Waals surface area contributed by atoms with E-state index < -0.39 is 9.84 Å². The highest BCUT2D eigenvalue weighted by Crippen LogP contribution is 2.26. The molecule has 21 heavy (non-hydrogen) atoms. The quantitative estimate of drug-likeness (QED) is 0.746. The van der Waals surface area contributed by atoms with Crippen molar-refractivity contribution in [2.45, 2.75) is 24.3 Å². The van der Waals surface area contributed by atoms with Gasteiger partial charge in [-0.25, -0.2) is 8.42 Å². The molecule has 0 spiro atoms. The fraction of sp³-hybridized carbons (Fsp3) is 0.214. The third-order valence-corrected chi connectivity index (χ3v) is 5.87. The number of nitrogen functional groups attached to an aromatic ring is 1. The number of nitrogens with zero attached hydrogens (tertiary/aromatic N) is 1. The van der Waals surface area contributed by atoms with Gasteiger partial charge in [0.1, 0.15) is 5.52 Å². The second kappa shape index (κ2) is 5.16. The highest BCUT2D eigenvalue weighted by atomic mass is 32.2. The van der Waals surface area contributed by atoms with Crippen molar-refractivity contribution in [3.05, 3.63) is 40.1 Å². The minimum atomic E-state index is -3.59. The molecule has 0 aliphatic carbocycles. The van der Waals surface area contributed by atoms with Crippen LogP contribution in [0.15, 0.2) is 40.0 Å². The summed E-state index contributed by atoms with van der Waals surface area (Å²) in [6, 6.07) is 8.66. The lowest BCUT2D eigenvalue weighted by molar-refractivity contribution is 0.458. The number of hydrogen-bond donors (Lipinski definition) is 1. The summed E-state index contributed by atoms with van der Waals surface area (Å²) in [6.45, 7) is 2.04. The smallest absolute Gasteiger partial charge is 0.316 e. The Balaban J connectivity index is 1.95. The van der Waals surface area contributed by atoms with Crippen LogP contribution in [-0.4, -0.2) is 13.4 Å². The molecule has 7 heteroatoms. The Morgan fingerprint density at radius 3 is 2.71 bits per heavy atom. The maximum atomic E-state index is 12.4. The molecule has 2 N–H and O–H groups in total. The number of aromatic nitrogens is 1. The number of fused-ring (bicyclic) bond motifs is 1. The lowest BCUT2D eigenvalue weighted by atomic mass is 10.3.